The lowest BCUT2D eigenvalue weighted by Gasteiger charge is -2.31. The second-order valence-corrected chi connectivity index (χ2v) is 8.04. The van der Waals surface area contributed by atoms with Gasteiger partial charge >= 0.3 is 5.97 Å². The van der Waals surface area contributed by atoms with Crippen molar-refractivity contribution in [2.24, 2.45) is 5.92 Å². The molecule has 2 atom stereocenters. The molecule has 0 N–H and O–H groups in total. The highest BCUT2D eigenvalue weighted by molar-refractivity contribution is 7.09. The Morgan fingerprint density at radius 1 is 1.35 bits per heavy atom. The quantitative estimate of drug-likeness (QED) is 0.630. The van der Waals surface area contributed by atoms with Gasteiger partial charge in [-0.05, 0) is 37.0 Å². The smallest absolute Gasteiger partial charge is 0.337 e. The van der Waals surface area contributed by atoms with E-state index in [0.29, 0.717) is 17.5 Å². The standard InChI is InChI=1S/C20H23N3O2S/c1-13-5-3-4-6-17(13)23-18-8-7-14(20(24)25-2)9-16(18)22-19(23)10-15-11-21-12-26-15/h7-9,11-13,17H,3-6,10H2,1-2H3/t13-,17?/m1/s1. The van der Waals surface area contributed by atoms with Crippen LogP contribution in [0.25, 0.3) is 11.0 Å². The van der Waals surface area contributed by atoms with Crippen LogP contribution in [0.3, 0.4) is 0 Å². The zero-order valence-corrected chi connectivity index (χ0v) is 16.0. The lowest BCUT2D eigenvalue weighted by molar-refractivity contribution is 0.0601. The van der Waals surface area contributed by atoms with Crippen LogP contribution in [0.15, 0.2) is 29.9 Å². The molecule has 2 heterocycles. The van der Waals surface area contributed by atoms with Crippen molar-refractivity contribution in [3.05, 3.63) is 46.2 Å². The Labute approximate surface area is 157 Å². The fraction of sp³-hybridized carbons (Fsp3) is 0.450. The highest BCUT2D eigenvalue weighted by atomic mass is 32.1. The van der Waals surface area contributed by atoms with E-state index in [1.165, 1.54) is 37.7 Å². The van der Waals surface area contributed by atoms with Gasteiger partial charge in [0.25, 0.3) is 0 Å². The minimum absolute atomic E-state index is 0.323. The predicted octanol–water partition coefficient (Wildman–Crippen LogP) is 4.62. The third kappa shape index (κ3) is 3.14. The molecule has 2 aromatic heterocycles. The summed E-state index contributed by atoms with van der Waals surface area (Å²) in [6.45, 7) is 2.34. The number of fused-ring (bicyclic) bond motifs is 1. The molecular formula is C20H23N3O2S. The summed E-state index contributed by atoms with van der Waals surface area (Å²) in [5.74, 6) is 1.36. The molecular weight excluding hydrogens is 346 g/mol. The summed E-state index contributed by atoms with van der Waals surface area (Å²) in [5, 5.41) is 0. The van der Waals surface area contributed by atoms with Crippen molar-refractivity contribution in [1.29, 1.82) is 0 Å². The lowest BCUT2D eigenvalue weighted by Crippen LogP contribution is -2.22. The van der Waals surface area contributed by atoms with Gasteiger partial charge in [-0.3, -0.25) is 4.98 Å². The first kappa shape index (κ1) is 17.2. The zero-order valence-electron chi connectivity index (χ0n) is 15.1. The normalized spacial score (nSPS) is 20.4. The van der Waals surface area contributed by atoms with Gasteiger partial charge in [-0.15, -0.1) is 11.3 Å². The number of carbonyl (C=O) groups excluding carboxylic acids is 1. The number of aromatic nitrogens is 3. The topological polar surface area (TPSA) is 57.0 Å². The van der Waals surface area contributed by atoms with Crippen LogP contribution in [-0.4, -0.2) is 27.6 Å². The molecule has 1 aromatic carbocycles. The molecule has 1 fully saturated rings. The van der Waals surface area contributed by atoms with Crippen LogP contribution in [0.2, 0.25) is 0 Å². The largest absolute Gasteiger partial charge is 0.465 e. The number of ether oxygens (including phenoxy) is 1. The second-order valence-electron chi connectivity index (χ2n) is 7.07. The molecule has 0 radical (unpaired) electrons. The Kier molecular flexibility index (Phi) is 4.76. The van der Waals surface area contributed by atoms with Crippen molar-refractivity contribution >= 4 is 28.3 Å². The molecule has 1 saturated carbocycles. The SMILES string of the molecule is COC(=O)c1ccc2c(c1)nc(Cc1cncs1)n2C1CCCC[C@H]1C. The summed E-state index contributed by atoms with van der Waals surface area (Å²) in [7, 11) is 1.41. The van der Waals surface area contributed by atoms with Crippen LogP contribution in [0.4, 0.5) is 0 Å². The molecule has 6 heteroatoms. The molecule has 26 heavy (non-hydrogen) atoms. The van der Waals surface area contributed by atoms with Crippen LogP contribution < -0.4 is 0 Å². The molecule has 0 aliphatic heterocycles. The Balaban J connectivity index is 1.83. The van der Waals surface area contributed by atoms with E-state index in [0.717, 1.165) is 23.3 Å². The summed E-state index contributed by atoms with van der Waals surface area (Å²) in [4.78, 5) is 22.2. The summed E-state index contributed by atoms with van der Waals surface area (Å²) in [6.07, 6.45) is 7.69. The van der Waals surface area contributed by atoms with Crippen molar-refractivity contribution in [2.45, 2.75) is 45.1 Å². The first-order valence-electron chi connectivity index (χ1n) is 9.14. The summed E-state index contributed by atoms with van der Waals surface area (Å²) in [6, 6.07) is 6.17. The van der Waals surface area contributed by atoms with Crippen molar-refractivity contribution in [2.75, 3.05) is 7.11 Å². The Morgan fingerprint density at radius 3 is 2.92 bits per heavy atom. The van der Waals surface area contributed by atoms with Gasteiger partial charge in [0.2, 0.25) is 0 Å². The number of hydrogen-bond donors (Lipinski definition) is 0. The third-order valence-electron chi connectivity index (χ3n) is 5.40. The molecule has 0 saturated heterocycles. The molecule has 1 aliphatic carbocycles. The molecule has 0 bridgehead atoms. The molecule has 0 amide bonds. The van der Waals surface area contributed by atoms with E-state index in [9.17, 15) is 4.79 Å². The van der Waals surface area contributed by atoms with Crippen LogP contribution in [0, 0.1) is 5.92 Å². The van der Waals surface area contributed by atoms with Gasteiger partial charge < -0.3 is 9.30 Å². The maximum Gasteiger partial charge on any atom is 0.337 e. The van der Waals surface area contributed by atoms with E-state index in [1.54, 1.807) is 11.3 Å². The van der Waals surface area contributed by atoms with Crippen molar-refractivity contribution in [1.82, 2.24) is 14.5 Å². The van der Waals surface area contributed by atoms with Gasteiger partial charge in [-0.2, -0.15) is 0 Å². The molecule has 1 unspecified atom stereocenters. The fourth-order valence-electron chi connectivity index (χ4n) is 4.05. The van der Waals surface area contributed by atoms with E-state index in [2.05, 4.69) is 16.5 Å². The Morgan fingerprint density at radius 2 is 2.19 bits per heavy atom. The Bertz CT molecular complexity index is 917. The van der Waals surface area contributed by atoms with Gasteiger partial charge in [0.15, 0.2) is 0 Å². The first-order valence-corrected chi connectivity index (χ1v) is 10.0. The average molecular weight is 369 g/mol. The molecule has 136 valence electrons. The Hall–Kier alpha value is -2.21. The fourth-order valence-corrected chi connectivity index (χ4v) is 4.65. The zero-order chi connectivity index (χ0) is 18.1. The van der Waals surface area contributed by atoms with Crippen molar-refractivity contribution < 1.29 is 9.53 Å². The van der Waals surface area contributed by atoms with Crippen molar-refractivity contribution in [3.8, 4) is 0 Å². The van der Waals surface area contributed by atoms with Gasteiger partial charge in [-0.25, -0.2) is 9.78 Å². The summed E-state index contributed by atoms with van der Waals surface area (Å²) >= 11 is 1.66. The minimum atomic E-state index is -0.323. The summed E-state index contributed by atoms with van der Waals surface area (Å²) in [5.41, 5.74) is 4.38. The van der Waals surface area contributed by atoms with Gasteiger partial charge in [0, 0.05) is 23.5 Å². The minimum Gasteiger partial charge on any atom is -0.465 e. The molecule has 3 aromatic rings. The number of imidazole rings is 1. The van der Waals surface area contributed by atoms with E-state index >= 15 is 0 Å². The number of methoxy groups -OCH3 is 1. The van der Waals surface area contributed by atoms with Gasteiger partial charge in [-0.1, -0.05) is 19.8 Å². The molecule has 1 aliphatic rings. The van der Waals surface area contributed by atoms with Crippen LogP contribution in [-0.2, 0) is 11.2 Å². The van der Waals surface area contributed by atoms with E-state index in [4.69, 9.17) is 9.72 Å². The average Bonchev–Trinajstić information content (AvgIpc) is 3.28. The van der Waals surface area contributed by atoms with Crippen LogP contribution in [0.5, 0.6) is 0 Å². The number of thiazole rings is 1. The highest BCUT2D eigenvalue weighted by Crippen LogP contribution is 2.37. The van der Waals surface area contributed by atoms with Crippen LogP contribution >= 0.6 is 11.3 Å². The predicted molar refractivity (Wildman–Crippen MR) is 103 cm³/mol. The van der Waals surface area contributed by atoms with Crippen molar-refractivity contribution in [3.63, 3.8) is 0 Å². The third-order valence-corrected chi connectivity index (χ3v) is 6.18. The number of nitrogens with zero attached hydrogens (tertiary/aromatic N) is 3. The first-order chi connectivity index (χ1) is 12.7. The molecule has 4 rings (SSSR count). The number of rotatable bonds is 4. The highest BCUT2D eigenvalue weighted by Gasteiger charge is 2.27. The van der Waals surface area contributed by atoms with E-state index in [-0.39, 0.29) is 5.97 Å². The van der Waals surface area contributed by atoms with E-state index in [1.807, 2.05) is 29.9 Å². The molecule has 0 spiro atoms. The second kappa shape index (κ2) is 7.19. The van der Waals surface area contributed by atoms with Crippen LogP contribution in [0.1, 0.15) is 59.7 Å². The number of esters is 1. The monoisotopic (exact) mass is 369 g/mol. The summed E-state index contributed by atoms with van der Waals surface area (Å²) < 4.78 is 7.28. The van der Waals surface area contributed by atoms with E-state index < -0.39 is 0 Å². The van der Waals surface area contributed by atoms with Gasteiger partial charge in [0.1, 0.15) is 5.82 Å². The lowest BCUT2D eigenvalue weighted by atomic mass is 9.85. The van der Waals surface area contributed by atoms with Gasteiger partial charge in [0.05, 0.1) is 29.2 Å². The maximum atomic E-state index is 11.9. The number of carbonyl (C=O) groups is 1. The number of benzene rings is 1. The number of hydrogen-bond acceptors (Lipinski definition) is 5. The maximum absolute atomic E-state index is 11.9. The molecule has 5 nitrogen and oxygen atoms in total.